The number of hydrogen-bond donors (Lipinski definition) is 1. The lowest BCUT2D eigenvalue weighted by Gasteiger charge is -2.47. The number of hydrogen-bond acceptors (Lipinski definition) is 7. The van der Waals surface area contributed by atoms with Crippen molar-refractivity contribution in [2.45, 2.75) is 63.2 Å². The van der Waals surface area contributed by atoms with Gasteiger partial charge in [0.15, 0.2) is 9.84 Å². The molecule has 1 N–H and O–H groups in total. The summed E-state index contributed by atoms with van der Waals surface area (Å²) in [5.41, 5.74) is 0.834. The first-order chi connectivity index (χ1) is 15.5. The van der Waals surface area contributed by atoms with Gasteiger partial charge in [-0.25, -0.2) is 8.42 Å². The summed E-state index contributed by atoms with van der Waals surface area (Å²) >= 11 is 0.730. The molecule has 2 saturated heterocycles. The van der Waals surface area contributed by atoms with Crippen LogP contribution in [-0.4, -0.2) is 58.9 Å². The highest BCUT2D eigenvalue weighted by atomic mass is 32.2. The molecule has 0 radical (unpaired) electrons. The normalized spacial score (nSPS) is 28.1. The maximum absolute atomic E-state index is 13.6. The van der Waals surface area contributed by atoms with Crippen LogP contribution >= 0.6 is 11.3 Å². The molecule has 7 nitrogen and oxygen atoms in total. The zero-order valence-corrected chi connectivity index (χ0v) is 19.8. The Morgan fingerprint density at radius 2 is 2.12 bits per heavy atom. The number of aromatic nitrogens is 2. The van der Waals surface area contributed by atoms with Crippen LogP contribution in [0.1, 0.15) is 52.3 Å². The average molecular weight is 506 g/mol. The van der Waals surface area contributed by atoms with Crippen molar-refractivity contribution in [2.24, 2.45) is 0 Å². The van der Waals surface area contributed by atoms with Crippen LogP contribution in [0.5, 0.6) is 0 Å². The summed E-state index contributed by atoms with van der Waals surface area (Å²) in [5.74, 6) is 0.236. The number of fused-ring (bicyclic) bond motifs is 2. The van der Waals surface area contributed by atoms with E-state index >= 15 is 0 Å². The third kappa shape index (κ3) is 4.13. The summed E-state index contributed by atoms with van der Waals surface area (Å²) in [7, 11) is -2.93. The molecule has 0 bridgehead atoms. The SMILES string of the molecule is C[C@H]1C[C@@]2(CCN1Cc1cnn(C3CS(=O)(=O)C3)c1)OCCc1c2sc(C(F)(F)F)c1CO. The summed E-state index contributed by atoms with van der Waals surface area (Å²) < 4.78 is 71.5. The smallest absolute Gasteiger partial charge is 0.392 e. The monoisotopic (exact) mass is 505 g/mol. The van der Waals surface area contributed by atoms with Gasteiger partial charge < -0.3 is 9.84 Å². The van der Waals surface area contributed by atoms with Crippen LogP contribution in [0.3, 0.4) is 0 Å². The molecule has 0 amide bonds. The predicted octanol–water partition coefficient (Wildman–Crippen LogP) is 2.88. The number of rotatable bonds is 4. The van der Waals surface area contributed by atoms with Crippen molar-refractivity contribution in [1.29, 1.82) is 0 Å². The standard InChI is InChI=1S/C21H26F3N3O4S2/c1-13-6-20(18-16(2-5-31-20)17(10-28)19(32-18)21(22,23)24)3-4-26(13)8-14-7-25-27(9-14)15-11-33(29,30)12-15/h7,9,13,15,28H,2-6,8,10-12H2,1H3/t13-,20+/m0/s1. The van der Waals surface area contributed by atoms with Crippen molar-refractivity contribution in [3.05, 3.63) is 38.8 Å². The van der Waals surface area contributed by atoms with Gasteiger partial charge in [0.1, 0.15) is 10.5 Å². The molecule has 2 aromatic rings. The molecule has 3 aliphatic rings. The Labute approximate surface area is 194 Å². The van der Waals surface area contributed by atoms with Gasteiger partial charge in [0, 0.05) is 41.3 Å². The average Bonchev–Trinajstić information content (AvgIpc) is 3.33. The minimum atomic E-state index is -4.49. The Balaban J connectivity index is 1.32. The summed E-state index contributed by atoms with van der Waals surface area (Å²) in [5, 5.41) is 14.0. The summed E-state index contributed by atoms with van der Waals surface area (Å²) in [4.78, 5) is 2.17. The molecule has 3 aliphatic heterocycles. The molecule has 5 rings (SSSR count). The number of thiophene rings is 1. The Hall–Kier alpha value is -1.47. The summed E-state index contributed by atoms with van der Waals surface area (Å²) in [6, 6.07) is -0.0478. The molecule has 2 aromatic heterocycles. The molecule has 2 atom stereocenters. The van der Waals surface area contributed by atoms with Crippen LogP contribution in [-0.2, 0) is 45.9 Å². The van der Waals surface area contributed by atoms with Gasteiger partial charge in [-0.3, -0.25) is 9.58 Å². The van der Waals surface area contributed by atoms with Crippen molar-refractivity contribution >= 4 is 21.2 Å². The van der Waals surface area contributed by atoms with Crippen LogP contribution < -0.4 is 0 Å². The van der Waals surface area contributed by atoms with E-state index in [1.165, 1.54) is 0 Å². The number of alkyl halides is 3. The third-order valence-corrected chi connectivity index (χ3v) is 10.3. The molecule has 0 unspecified atom stereocenters. The lowest BCUT2D eigenvalue weighted by atomic mass is 9.81. The second kappa shape index (κ2) is 8.04. The molecule has 5 heterocycles. The minimum absolute atomic E-state index is 0.00526. The second-order valence-corrected chi connectivity index (χ2v) is 12.5. The molecular formula is C21H26F3N3O4S2. The number of nitrogens with zero attached hydrogens (tertiary/aromatic N) is 3. The number of aliphatic hydroxyl groups excluding tert-OH is 1. The second-order valence-electron chi connectivity index (χ2n) is 9.30. The molecular weight excluding hydrogens is 479 g/mol. The van der Waals surface area contributed by atoms with E-state index in [1.807, 2.05) is 13.1 Å². The fraction of sp³-hybridized carbons (Fsp3) is 0.667. The Morgan fingerprint density at radius 1 is 1.36 bits per heavy atom. The number of sulfone groups is 1. The number of aliphatic hydroxyl groups is 1. The summed E-state index contributed by atoms with van der Waals surface area (Å²) in [6.07, 6.45) is 0.661. The van der Waals surface area contributed by atoms with Gasteiger partial charge in [-0.1, -0.05) is 0 Å². The maximum Gasteiger partial charge on any atom is 0.425 e. The van der Waals surface area contributed by atoms with E-state index in [1.54, 1.807) is 10.9 Å². The van der Waals surface area contributed by atoms with Crippen molar-refractivity contribution in [3.63, 3.8) is 0 Å². The van der Waals surface area contributed by atoms with Crippen LogP contribution in [0, 0.1) is 0 Å². The first kappa shape index (κ1) is 23.3. The van der Waals surface area contributed by atoms with Gasteiger partial charge in [-0.05, 0) is 31.7 Å². The first-order valence-corrected chi connectivity index (χ1v) is 13.6. The van der Waals surface area contributed by atoms with Crippen molar-refractivity contribution in [2.75, 3.05) is 24.7 Å². The number of likely N-dealkylation sites (tertiary alicyclic amines) is 1. The van der Waals surface area contributed by atoms with Gasteiger partial charge in [0.05, 0.1) is 37.0 Å². The highest BCUT2D eigenvalue weighted by molar-refractivity contribution is 7.92. The van der Waals surface area contributed by atoms with E-state index in [-0.39, 0.29) is 29.2 Å². The molecule has 1 spiro atoms. The van der Waals surface area contributed by atoms with Crippen LogP contribution in [0.4, 0.5) is 13.2 Å². The van der Waals surface area contributed by atoms with Gasteiger partial charge in [-0.2, -0.15) is 18.3 Å². The zero-order valence-electron chi connectivity index (χ0n) is 18.1. The van der Waals surface area contributed by atoms with E-state index in [0.717, 1.165) is 16.9 Å². The van der Waals surface area contributed by atoms with E-state index in [2.05, 4.69) is 10.00 Å². The third-order valence-electron chi connectivity index (χ3n) is 7.04. The predicted molar refractivity (Wildman–Crippen MR) is 116 cm³/mol. The fourth-order valence-electron chi connectivity index (χ4n) is 5.35. The summed E-state index contributed by atoms with van der Waals surface area (Å²) in [6.45, 7) is 3.05. The molecule has 0 aliphatic carbocycles. The molecule has 0 aromatic carbocycles. The first-order valence-electron chi connectivity index (χ1n) is 11.0. The molecule has 12 heteroatoms. The Morgan fingerprint density at radius 3 is 2.76 bits per heavy atom. The quantitative estimate of drug-likeness (QED) is 0.688. The lowest BCUT2D eigenvalue weighted by Crippen LogP contribution is -2.50. The van der Waals surface area contributed by atoms with E-state index in [0.29, 0.717) is 49.4 Å². The van der Waals surface area contributed by atoms with Crippen molar-refractivity contribution < 1.29 is 31.4 Å². The Kier molecular flexibility index (Phi) is 5.67. The Bertz CT molecular complexity index is 1150. The maximum atomic E-state index is 13.6. The van der Waals surface area contributed by atoms with E-state index in [9.17, 15) is 26.7 Å². The van der Waals surface area contributed by atoms with Gasteiger partial charge in [0.25, 0.3) is 0 Å². The van der Waals surface area contributed by atoms with Crippen molar-refractivity contribution in [3.8, 4) is 0 Å². The highest BCUT2D eigenvalue weighted by Gasteiger charge is 2.48. The fourth-order valence-corrected chi connectivity index (χ4v) is 8.14. The molecule has 33 heavy (non-hydrogen) atoms. The lowest BCUT2D eigenvalue weighted by molar-refractivity contribution is -0.135. The molecule has 0 saturated carbocycles. The number of halogens is 3. The van der Waals surface area contributed by atoms with Crippen LogP contribution in [0.2, 0.25) is 0 Å². The largest absolute Gasteiger partial charge is 0.425 e. The van der Waals surface area contributed by atoms with Crippen LogP contribution in [0.15, 0.2) is 12.4 Å². The highest BCUT2D eigenvalue weighted by Crippen LogP contribution is 2.51. The van der Waals surface area contributed by atoms with Gasteiger partial charge >= 0.3 is 6.18 Å². The number of ether oxygens (including phenoxy) is 1. The molecule has 182 valence electrons. The van der Waals surface area contributed by atoms with E-state index < -0.39 is 33.1 Å². The topological polar surface area (TPSA) is 84.7 Å². The minimum Gasteiger partial charge on any atom is -0.392 e. The van der Waals surface area contributed by atoms with E-state index in [4.69, 9.17) is 4.74 Å². The molecule has 2 fully saturated rings. The van der Waals surface area contributed by atoms with Crippen molar-refractivity contribution in [1.82, 2.24) is 14.7 Å². The zero-order chi connectivity index (χ0) is 23.6. The number of piperidine rings is 1. The van der Waals surface area contributed by atoms with Crippen LogP contribution in [0.25, 0.3) is 0 Å². The van der Waals surface area contributed by atoms with Gasteiger partial charge in [-0.15, -0.1) is 11.3 Å². The van der Waals surface area contributed by atoms with Gasteiger partial charge in [0.2, 0.25) is 0 Å².